The van der Waals surface area contributed by atoms with Gasteiger partial charge in [-0.3, -0.25) is 4.79 Å². The molecule has 0 radical (unpaired) electrons. The topological polar surface area (TPSA) is 33.0 Å². The normalized spacial score (nSPS) is 10.6. The van der Waals surface area contributed by atoms with Crippen LogP contribution in [0.1, 0.15) is 32.7 Å². The van der Waals surface area contributed by atoms with Gasteiger partial charge in [-0.15, -0.1) is 0 Å². The van der Waals surface area contributed by atoms with E-state index in [1.54, 1.807) is 0 Å². The van der Waals surface area contributed by atoms with Crippen LogP contribution in [0.25, 0.3) is 0 Å². The van der Waals surface area contributed by atoms with Gasteiger partial charge in [-0.2, -0.15) is 4.57 Å². The number of hydrogen-bond donors (Lipinski definition) is 1. The largest absolute Gasteiger partial charge is 0.380 e. The molecule has 0 amide bonds. The highest BCUT2D eigenvalue weighted by atomic mass is 16.1. The van der Waals surface area contributed by atoms with Crippen molar-refractivity contribution in [1.82, 2.24) is 0 Å². The molecule has 0 bridgehead atoms. The van der Waals surface area contributed by atoms with E-state index in [0.717, 1.165) is 29.1 Å². The van der Waals surface area contributed by atoms with Gasteiger partial charge in [-0.1, -0.05) is 60.2 Å². The number of pyridine rings is 1. The number of nitrogens with zero attached hydrogens (tertiary/aromatic N) is 1. The van der Waals surface area contributed by atoms with E-state index in [0.29, 0.717) is 6.54 Å². The molecule has 1 aromatic heterocycles. The third-order valence-electron chi connectivity index (χ3n) is 4.81. The Morgan fingerprint density at radius 3 is 2.31 bits per heavy atom. The lowest BCUT2D eigenvalue weighted by molar-refractivity contribution is -0.689. The maximum atomic E-state index is 12.5. The average molecular weight is 345 g/mol. The summed E-state index contributed by atoms with van der Waals surface area (Å²) in [5.74, 6) is 0.127. The van der Waals surface area contributed by atoms with Gasteiger partial charge in [0.1, 0.15) is 0 Å². The summed E-state index contributed by atoms with van der Waals surface area (Å²) < 4.78 is 2.02. The van der Waals surface area contributed by atoms with E-state index in [-0.39, 0.29) is 5.78 Å². The van der Waals surface area contributed by atoms with Crippen LogP contribution in [-0.2, 0) is 13.1 Å². The summed E-state index contributed by atoms with van der Waals surface area (Å²) in [6.07, 6.45) is 1.99. The molecule has 0 atom stereocenters. The van der Waals surface area contributed by atoms with Crippen LogP contribution in [0.3, 0.4) is 0 Å². The van der Waals surface area contributed by atoms with E-state index < -0.39 is 0 Å². The summed E-state index contributed by atoms with van der Waals surface area (Å²) in [6, 6.07) is 20.1. The van der Waals surface area contributed by atoms with Gasteiger partial charge in [0.25, 0.3) is 0 Å². The molecule has 3 nitrogen and oxygen atoms in total. The number of benzene rings is 2. The number of aryl methyl sites for hydroxylation is 1. The third-order valence-corrected chi connectivity index (χ3v) is 4.81. The zero-order valence-corrected chi connectivity index (χ0v) is 15.6. The van der Waals surface area contributed by atoms with Crippen LogP contribution < -0.4 is 9.88 Å². The zero-order valence-electron chi connectivity index (χ0n) is 15.6. The molecule has 3 heteroatoms. The average Bonchev–Trinajstić information content (AvgIpc) is 2.66. The molecule has 0 unspecified atom stereocenters. The number of carbonyl (C=O) groups is 1. The number of nitrogens with one attached hydrogen (secondary N) is 1. The molecule has 132 valence electrons. The van der Waals surface area contributed by atoms with Gasteiger partial charge in [0.2, 0.25) is 12.3 Å². The van der Waals surface area contributed by atoms with Crippen molar-refractivity contribution in [2.75, 3.05) is 5.32 Å². The minimum atomic E-state index is 0.127. The highest BCUT2D eigenvalue weighted by molar-refractivity contribution is 5.95. The monoisotopic (exact) mass is 345 g/mol. The fourth-order valence-corrected chi connectivity index (χ4v) is 2.95. The van der Waals surface area contributed by atoms with Crippen molar-refractivity contribution in [2.24, 2.45) is 0 Å². The summed E-state index contributed by atoms with van der Waals surface area (Å²) in [7, 11) is 0. The molecule has 3 aromatic rings. The van der Waals surface area contributed by atoms with Crippen LogP contribution in [0.5, 0.6) is 0 Å². The molecule has 3 rings (SSSR count). The zero-order chi connectivity index (χ0) is 18.5. The van der Waals surface area contributed by atoms with Crippen LogP contribution in [0.15, 0.2) is 66.9 Å². The molecule has 0 aliphatic heterocycles. The highest BCUT2D eigenvalue weighted by Gasteiger charge is 2.17. The molecule has 2 aromatic carbocycles. The van der Waals surface area contributed by atoms with Crippen molar-refractivity contribution >= 4 is 11.5 Å². The minimum absolute atomic E-state index is 0.127. The Morgan fingerprint density at radius 2 is 1.62 bits per heavy atom. The van der Waals surface area contributed by atoms with Gasteiger partial charge in [-0.05, 0) is 19.4 Å². The Labute approximate surface area is 155 Å². The molecule has 0 aliphatic carbocycles. The number of carbonyl (C=O) groups excluding carboxylic acids is 1. The smallest absolute Gasteiger partial charge is 0.227 e. The summed E-state index contributed by atoms with van der Waals surface area (Å²) in [6.45, 7) is 7.32. The van der Waals surface area contributed by atoms with E-state index in [4.69, 9.17) is 0 Å². The Hall–Kier alpha value is -2.94. The van der Waals surface area contributed by atoms with Crippen molar-refractivity contribution in [2.45, 2.75) is 33.9 Å². The Morgan fingerprint density at radius 1 is 0.923 bits per heavy atom. The molecule has 1 N–H and O–H groups in total. The maximum absolute atomic E-state index is 12.5. The quantitative estimate of drug-likeness (QED) is 0.531. The van der Waals surface area contributed by atoms with Gasteiger partial charge in [-0.25, -0.2) is 0 Å². The number of rotatable bonds is 6. The van der Waals surface area contributed by atoms with E-state index in [2.05, 4.69) is 31.3 Å². The van der Waals surface area contributed by atoms with Gasteiger partial charge < -0.3 is 5.32 Å². The Kier molecular flexibility index (Phi) is 5.47. The highest BCUT2D eigenvalue weighted by Crippen LogP contribution is 2.16. The Bertz CT molecular complexity index is 899. The van der Waals surface area contributed by atoms with Crippen molar-refractivity contribution in [1.29, 1.82) is 0 Å². The molecule has 26 heavy (non-hydrogen) atoms. The SMILES string of the molecule is Cc1ccc(C(=O)C[n+]2ccc(NCc3ccccc3)c(C)c2C)cc1. The van der Waals surface area contributed by atoms with Crippen molar-refractivity contribution in [3.05, 3.63) is 94.8 Å². The van der Waals surface area contributed by atoms with Crippen LogP contribution in [0.2, 0.25) is 0 Å². The lowest BCUT2D eigenvalue weighted by atomic mass is 10.1. The van der Waals surface area contributed by atoms with E-state index in [1.165, 1.54) is 11.1 Å². The first-order valence-electron chi connectivity index (χ1n) is 8.92. The molecule has 0 spiro atoms. The van der Waals surface area contributed by atoms with Crippen molar-refractivity contribution < 1.29 is 9.36 Å². The third kappa shape index (κ3) is 4.17. The fourth-order valence-electron chi connectivity index (χ4n) is 2.95. The predicted molar refractivity (Wildman–Crippen MR) is 105 cm³/mol. The number of hydrogen-bond acceptors (Lipinski definition) is 2. The van der Waals surface area contributed by atoms with E-state index in [9.17, 15) is 4.79 Å². The first-order chi connectivity index (χ1) is 12.5. The second-order valence-corrected chi connectivity index (χ2v) is 6.70. The molecule has 0 saturated carbocycles. The van der Waals surface area contributed by atoms with Gasteiger partial charge in [0.05, 0.1) is 0 Å². The van der Waals surface area contributed by atoms with E-state index in [1.807, 2.05) is 66.2 Å². The minimum Gasteiger partial charge on any atom is -0.380 e. The molecule has 1 heterocycles. The standard InChI is InChI=1S/C23H24N2O/c1-17-9-11-21(12-10-17)23(26)16-25-14-13-22(18(2)19(25)3)24-15-20-7-5-4-6-8-20/h4-14H,15-16H2,1-3H3/p+1. The van der Waals surface area contributed by atoms with Crippen LogP contribution in [-0.4, -0.2) is 5.78 Å². The molecular weight excluding hydrogens is 320 g/mol. The first-order valence-corrected chi connectivity index (χ1v) is 8.92. The van der Waals surface area contributed by atoms with Crippen molar-refractivity contribution in [3.8, 4) is 0 Å². The summed E-state index contributed by atoms with van der Waals surface area (Å²) in [5.41, 5.74) is 6.53. The maximum Gasteiger partial charge on any atom is 0.227 e. The summed E-state index contributed by atoms with van der Waals surface area (Å²) in [4.78, 5) is 12.5. The summed E-state index contributed by atoms with van der Waals surface area (Å²) in [5, 5.41) is 3.49. The number of anilines is 1. The van der Waals surface area contributed by atoms with Crippen LogP contribution >= 0.6 is 0 Å². The fraction of sp³-hybridized carbons (Fsp3) is 0.217. The lowest BCUT2D eigenvalue weighted by Crippen LogP contribution is -2.41. The number of Topliss-reactive ketones (excluding diaryl/α,β-unsaturated/α-hetero) is 1. The summed E-state index contributed by atoms with van der Waals surface area (Å²) >= 11 is 0. The Balaban J connectivity index is 1.72. The number of ketones is 1. The van der Waals surface area contributed by atoms with Crippen LogP contribution in [0, 0.1) is 20.8 Å². The second-order valence-electron chi connectivity index (χ2n) is 6.70. The van der Waals surface area contributed by atoms with Crippen molar-refractivity contribution in [3.63, 3.8) is 0 Å². The first kappa shape index (κ1) is 17.9. The van der Waals surface area contributed by atoms with E-state index >= 15 is 0 Å². The molecular formula is C23H25N2O+. The predicted octanol–water partition coefficient (Wildman–Crippen LogP) is 4.39. The van der Waals surface area contributed by atoms with Crippen LogP contribution in [0.4, 0.5) is 5.69 Å². The second kappa shape index (κ2) is 7.96. The van der Waals surface area contributed by atoms with Gasteiger partial charge in [0, 0.05) is 36.3 Å². The molecule has 0 fully saturated rings. The number of aromatic nitrogens is 1. The lowest BCUT2D eigenvalue weighted by Gasteiger charge is -2.11. The molecule has 0 saturated heterocycles. The van der Waals surface area contributed by atoms with Gasteiger partial charge in [0.15, 0.2) is 11.9 Å². The van der Waals surface area contributed by atoms with Gasteiger partial charge >= 0.3 is 0 Å². The molecule has 0 aliphatic rings.